The zero-order valence-corrected chi connectivity index (χ0v) is 9.72. The summed E-state index contributed by atoms with van der Waals surface area (Å²) in [7, 11) is 0. The van der Waals surface area contributed by atoms with Crippen LogP contribution in [0.3, 0.4) is 0 Å². The molecule has 1 heterocycles. The van der Waals surface area contributed by atoms with E-state index in [-0.39, 0.29) is 0 Å². The normalized spacial score (nSPS) is 15.8. The van der Waals surface area contributed by atoms with Crippen LogP contribution in [0.25, 0.3) is 0 Å². The van der Waals surface area contributed by atoms with E-state index >= 15 is 0 Å². The Morgan fingerprint density at radius 2 is 2.19 bits per heavy atom. The van der Waals surface area contributed by atoms with Crippen molar-refractivity contribution in [3.63, 3.8) is 0 Å². The highest BCUT2D eigenvalue weighted by molar-refractivity contribution is 7.15. The van der Waals surface area contributed by atoms with Gasteiger partial charge in [-0.1, -0.05) is 6.42 Å². The summed E-state index contributed by atoms with van der Waals surface area (Å²) in [6.07, 6.45) is 8.38. The van der Waals surface area contributed by atoms with Crippen LogP contribution in [-0.2, 0) is 17.6 Å². The van der Waals surface area contributed by atoms with Crippen LogP contribution in [0.5, 0.6) is 0 Å². The number of aromatic nitrogens is 1. The lowest BCUT2D eigenvalue weighted by Gasteiger charge is -1.93. The van der Waals surface area contributed by atoms with Crippen molar-refractivity contribution in [1.82, 2.24) is 4.98 Å². The second-order valence-electron chi connectivity index (χ2n) is 3.77. The van der Waals surface area contributed by atoms with Crippen molar-refractivity contribution in [1.29, 1.82) is 0 Å². The van der Waals surface area contributed by atoms with E-state index in [0.717, 1.165) is 24.0 Å². The molecule has 0 aliphatic heterocycles. The van der Waals surface area contributed by atoms with Gasteiger partial charge in [-0.2, -0.15) is 0 Å². The Kier molecular flexibility index (Phi) is 3.56. The molecular formula is C11H14N2O2S. The van der Waals surface area contributed by atoms with E-state index in [1.165, 1.54) is 36.0 Å². The van der Waals surface area contributed by atoms with Crippen molar-refractivity contribution < 1.29 is 9.90 Å². The highest BCUT2D eigenvalue weighted by Gasteiger charge is 2.13. The van der Waals surface area contributed by atoms with Crippen LogP contribution >= 0.6 is 11.3 Å². The number of hydrogen-bond acceptors (Lipinski definition) is 4. The molecule has 1 aliphatic rings. The molecule has 16 heavy (non-hydrogen) atoms. The molecule has 1 aliphatic carbocycles. The monoisotopic (exact) mass is 238 g/mol. The average Bonchev–Trinajstić information content (AvgIpc) is 2.48. The van der Waals surface area contributed by atoms with Crippen LogP contribution in [-0.4, -0.2) is 16.1 Å². The highest BCUT2D eigenvalue weighted by Crippen LogP contribution is 2.28. The summed E-state index contributed by atoms with van der Waals surface area (Å²) in [4.78, 5) is 16.1. The Bertz CT molecular complexity index is 389. The Morgan fingerprint density at radius 1 is 1.38 bits per heavy atom. The third-order valence-corrected chi connectivity index (χ3v) is 3.62. The maximum Gasteiger partial charge on any atom is 0.329 e. The minimum absolute atomic E-state index is 0.796. The second-order valence-corrected chi connectivity index (χ2v) is 4.85. The zero-order valence-electron chi connectivity index (χ0n) is 8.90. The van der Waals surface area contributed by atoms with Gasteiger partial charge >= 0.3 is 5.97 Å². The summed E-state index contributed by atoms with van der Waals surface area (Å²) in [5, 5.41) is 12.1. The topological polar surface area (TPSA) is 62.2 Å². The minimum atomic E-state index is -0.953. The van der Waals surface area contributed by atoms with Crippen molar-refractivity contribution in [3.05, 3.63) is 22.8 Å². The van der Waals surface area contributed by atoms with Crippen molar-refractivity contribution in [2.45, 2.75) is 32.1 Å². The molecule has 2 rings (SSSR count). The second kappa shape index (κ2) is 5.12. The molecule has 0 atom stereocenters. The van der Waals surface area contributed by atoms with Crippen LogP contribution in [0, 0.1) is 0 Å². The fraction of sp³-hybridized carbons (Fsp3) is 0.455. The third kappa shape index (κ3) is 2.82. The fourth-order valence-corrected chi connectivity index (χ4v) is 2.80. The number of fused-ring (bicyclic) bond motifs is 1. The van der Waals surface area contributed by atoms with Crippen LogP contribution in [0.4, 0.5) is 5.13 Å². The molecule has 5 heteroatoms. The van der Waals surface area contributed by atoms with E-state index in [1.807, 2.05) is 0 Å². The summed E-state index contributed by atoms with van der Waals surface area (Å²) in [5.74, 6) is -0.953. The van der Waals surface area contributed by atoms with Crippen LogP contribution in [0.2, 0.25) is 0 Å². The van der Waals surface area contributed by atoms with Gasteiger partial charge in [0.05, 0.1) is 5.69 Å². The molecule has 0 amide bonds. The SMILES string of the molecule is O=C(O)C=CNc1nc2c(s1)CCCCC2. The van der Waals surface area contributed by atoms with Gasteiger partial charge in [0.15, 0.2) is 5.13 Å². The van der Waals surface area contributed by atoms with Crippen molar-refractivity contribution in [2.75, 3.05) is 5.32 Å². The van der Waals surface area contributed by atoms with E-state index in [1.54, 1.807) is 11.3 Å². The number of aryl methyl sites for hydroxylation is 2. The number of carbonyl (C=O) groups is 1. The molecule has 1 aromatic rings. The molecule has 0 spiro atoms. The molecule has 86 valence electrons. The van der Waals surface area contributed by atoms with Crippen molar-refractivity contribution in [3.8, 4) is 0 Å². The van der Waals surface area contributed by atoms with Crippen molar-refractivity contribution >= 4 is 22.4 Å². The number of thiazole rings is 1. The Labute approximate surface area is 98.0 Å². The lowest BCUT2D eigenvalue weighted by atomic mass is 10.2. The first-order chi connectivity index (χ1) is 7.75. The third-order valence-electron chi connectivity index (χ3n) is 2.53. The molecule has 0 aromatic carbocycles. The smallest absolute Gasteiger partial charge is 0.329 e. The van der Waals surface area contributed by atoms with E-state index in [0.29, 0.717) is 0 Å². The predicted octanol–water partition coefficient (Wildman–Crippen LogP) is 2.42. The molecule has 0 fully saturated rings. The number of anilines is 1. The first kappa shape index (κ1) is 11.1. The number of carboxylic acids is 1. The van der Waals surface area contributed by atoms with E-state index in [4.69, 9.17) is 5.11 Å². The first-order valence-corrected chi connectivity index (χ1v) is 6.22. The van der Waals surface area contributed by atoms with Crippen LogP contribution in [0.1, 0.15) is 29.8 Å². The number of rotatable bonds is 3. The summed E-state index contributed by atoms with van der Waals surface area (Å²) in [5.41, 5.74) is 1.19. The standard InChI is InChI=1S/C11H14N2O2S/c14-10(15)6-7-12-11-13-8-4-2-1-3-5-9(8)16-11/h6-7H,1-5H2,(H,12,13)(H,14,15). The van der Waals surface area contributed by atoms with Gasteiger partial charge in [-0.3, -0.25) is 0 Å². The molecule has 0 unspecified atom stereocenters. The molecule has 0 saturated heterocycles. The lowest BCUT2D eigenvalue weighted by Crippen LogP contribution is -1.92. The Morgan fingerprint density at radius 3 is 3.00 bits per heavy atom. The van der Waals surface area contributed by atoms with Gasteiger partial charge in [-0.15, -0.1) is 11.3 Å². The average molecular weight is 238 g/mol. The number of carboxylic acid groups (broad SMARTS) is 1. The molecule has 1 aromatic heterocycles. The summed E-state index contributed by atoms with van der Waals surface area (Å²) < 4.78 is 0. The zero-order chi connectivity index (χ0) is 11.4. The number of nitrogens with zero attached hydrogens (tertiary/aromatic N) is 1. The van der Waals surface area contributed by atoms with Crippen molar-refractivity contribution in [2.24, 2.45) is 0 Å². The number of aliphatic carboxylic acids is 1. The fourth-order valence-electron chi connectivity index (χ4n) is 1.77. The maximum atomic E-state index is 10.3. The largest absolute Gasteiger partial charge is 0.478 e. The van der Waals surface area contributed by atoms with Gasteiger partial charge in [0.1, 0.15) is 0 Å². The van der Waals surface area contributed by atoms with E-state index in [9.17, 15) is 4.79 Å². The minimum Gasteiger partial charge on any atom is -0.478 e. The molecular weight excluding hydrogens is 224 g/mol. The van der Waals surface area contributed by atoms with Gasteiger partial charge in [0.2, 0.25) is 0 Å². The van der Waals surface area contributed by atoms with Gasteiger partial charge in [-0.25, -0.2) is 9.78 Å². The van der Waals surface area contributed by atoms with Crippen LogP contribution in [0.15, 0.2) is 12.3 Å². The highest BCUT2D eigenvalue weighted by atomic mass is 32.1. The van der Waals surface area contributed by atoms with Crippen LogP contribution < -0.4 is 5.32 Å². The first-order valence-electron chi connectivity index (χ1n) is 5.40. The Hall–Kier alpha value is -1.36. The van der Waals surface area contributed by atoms with Gasteiger partial charge in [-0.05, 0) is 25.7 Å². The molecule has 0 saturated carbocycles. The molecule has 4 nitrogen and oxygen atoms in total. The quantitative estimate of drug-likeness (QED) is 0.627. The van der Waals surface area contributed by atoms with Gasteiger partial charge in [0, 0.05) is 17.2 Å². The lowest BCUT2D eigenvalue weighted by molar-refractivity contribution is -0.131. The van der Waals surface area contributed by atoms with E-state index < -0.39 is 5.97 Å². The molecule has 0 bridgehead atoms. The van der Waals surface area contributed by atoms with Gasteiger partial charge in [0.25, 0.3) is 0 Å². The number of nitrogens with one attached hydrogen (secondary N) is 1. The Balaban J connectivity index is 2.04. The molecule has 0 radical (unpaired) electrons. The van der Waals surface area contributed by atoms with Gasteiger partial charge < -0.3 is 10.4 Å². The van der Waals surface area contributed by atoms with E-state index in [2.05, 4.69) is 10.3 Å². The molecule has 2 N–H and O–H groups in total. The summed E-state index contributed by atoms with van der Waals surface area (Å²) in [6, 6.07) is 0. The predicted molar refractivity (Wildman–Crippen MR) is 63.8 cm³/mol. The maximum absolute atomic E-state index is 10.3. The summed E-state index contributed by atoms with van der Waals surface area (Å²) >= 11 is 1.63. The number of hydrogen-bond donors (Lipinski definition) is 2. The summed E-state index contributed by atoms with van der Waals surface area (Å²) in [6.45, 7) is 0.